The van der Waals surface area contributed by atoms with Gasteiger partial charge in [-0.25, -0.2) is 19.9 Å². The number of nitrogens with one attached hydrogen (secondary N) is 2. The first-order valence-electron chi connectivity index (χ1n) is 8.86. The zero-order valence-electron chi connectivity index (χ0n) is 17.3. The van der Waals surface area contributed by atoms with Crippen molar-refractivity contribution in [3.63, 3.8) is 0 Å². The number of carbonyl (C=O) groups excluding carboxylic acids is 1. The van der Waals surface area contributed by atoms with Crippen LogP contribution in [0.15, 0.2) is 16.9 Å². The molecule has 0 radical (unpaired) electrons. The fourth-order valence-electron chi connectivity index (χ4n) is 2.38. The molecule has 9 nitrogen and oxygen atoms in total. The van der Waals surface area contributed by atoms with E-state index in [-0.39, 0.29) is 28.8 Å². The van der Waals surface area contributed by atoms with E-state index in [1.54, 1.807) is 20.8 Å². The summed E-state index contributed by atoms with van der Waals surface area (Å²) in [6.45, 7) is 6.17. The Morgan fingerprint density at radius 2 is 1.90 bits per heavy atom. The normalized spacial score (nSPS) is 11.8. The van der Waals surface area contributed by atoms with Gasteiger partial charge in [-0.15, -0.1) is 5.10 Å². The third-order valence-corrected chi connectivity index (χ3v) is 4.10. The molecule has 0 aliphatic rings. The van der Waals surface area contributed by atoms with E-state index in [1.807, 2.05) is 0 Å². The maximum atomic E-state index is 12.8. The number of aromatic nitrogens is 3. The maximum Gasteiger partial charge on any atom is 0.433 e. The minimum atomic E-state index is -4.59. The molecular formula is C18H21ClF3N5O4. The molecule has 0 aliphatic carbocycles. The van der Waals surface area contributed by atoms with E-state index >= 15 is 0 Å². The Bertz CT molecular complexity index is 1030. The average Bonchev–Trinajstić information content (AvgIpc) is 2.62. The van der Waals surface area contributed by atoms with Gasteiger partial charge in [-0.1, -0.05) is 17.7 Å². The second-order valence-corrected chi connectivity index (χ2v) is 7.73. The lowest BCUT2D eigenvalue weighted by Crippen LogP contribution is -2.37. The monoisotopic (exact) mass is 463 g/mol. The Morgan fingerprint density at radius 3 is 2.42 bits per heavy atom. The highest BCUT2D eigenvalue weighted by atomic mass is 35.5. The smallest absolute Gasteiger partial charge is 0.433 e. The Labute approximate surface area is 180 Å². The zero-order valence-corrected chi connectivity index (χ0v) is 18.1. The number of aryl methyl sites for hydroxylation is 1. The van der Waals surface area contributed by atoms with Gasteiger partial charge in [-0.2, -0.15) is 13.2 Å². The van der Waals surface area contributed by atoms with Gasteiger partial charge in [0, 0.05) is 5.69 Å². The van der Waals surface area contributed by atoms with Crippen molar-refractivity contribution >= 4 is 23.5 Å². The van der Waals surface area contributed by atoms with Gasteiger partial charge in [0.2, 0.25) is 5.75 Å². The topological polar surface area (TPSA) is 107 Å². The van der Waals surface area contributed by atoms with Crippen LogP contribution in [0.25, 0.3) is 0 Å². The number of methoxy groups -OCH3 is 1. The predicted molar refractivity (Wildman–Crippen MR) is 106 cm³/mol. The number of rotatable bonds is 5. The number of hydrogen-bond donors (Lipinski definition) is 2. The van der Waals surface area contributed by atoms with Crippen LogP contribution in [-0.4, -0.2) is 33.6 Å². The van der Waals surface area contributed by atoms with E-state index < -0.39 is 29.1 Å². The lowest BCUT2D eigenvalue weighted by molar-refractivity contribution is -0.141. The van der Waals surface area contributed by atoms with Gasteiger partial charge in [0.15, 0.2) is 5.82 Å². The third-order valence-electron chi connectivity index (χ3n) is 3.75. The molecule has 0 saturated carbocycles. The molecule has 0 aliphatic heterocycles. The first-order chi connectivity index (χ1) is 14.2. The summed E-state index contributed by atoms with van der Waals surface area (Å²) in [5.41, 5.74) is 2.51. The van der Waals surface area contributed by atoms with Gasteiger partial charge in [-0.05, 0) is 39.3 Å². The number of hydrogen-bond acceptors (Lipinski definition) is 7. The third kappa shape index (κ3) is 6.23. The molecule has 0 saturated heterocycles. The van der Waals surface area contributed by atoms with Crippen LogP contribution in [0.1, 0.15) is 37.7 Å². The number of nitrogens with zero attached hydrogens (tertiary/aromatic N) is 3. The largest absolute Gasteiger partial charge is 0.490 e. The molecule has 170 valence electrons. The summed E-state index contributed by atoms with van der Waals surface area (Å²) in [7, 11) is 1.21. The fourth-order valence-corrected chi connectivity index (χ4v) is 2.63. The van der Waals surface area contributed by atoms with Crippen molar-refractivity contribution in [1.82, 2.24) is 20.2 Å². The van der Waals surface area contributed by atoms with E-state index in [1.165, 1.54) is 20.1 Å². The van der Waals surface area contributed by atoms with Crippen molar-refractivity contribution < 1.29 is 27.4 Å². The molecule has 0 fully saturated rings. The molecule has 1 amide bonds. The molecule has 2 aromatic heterocycles. The van der Waals surface area contributed by atoms with Crippen LogP contribution in [0.4, 0.5) is 23.8 Å². The number of carbonyl (C=O) groups is 1. The number of alkyl halides is 3. The van der Waals surface area contributed by atoms with Gasteiger partial charge in [0.1, 0.15) is 16.3 Å². The molecule has 13 heteroatoms. The Hall–Kier alpha value is -3.02. The molecule has 2 aromatic rings. The van der Waals surface area contributed by atoms with Crippen molar-refractivity contribution in [1.29, 1.82) is 0 Å². The first-order valence-corrected chi connectivity index (χ1v) is 9.24. The van der Waals surface area contributed by atoms with Crippen LogP contribution < -0.4 is 21.1 Å². The van der Waals surface area contributed by atoms with Gasteiger partial charge < -0.3 is 9.47 Å². The second kappa shape index (κ2) is 9.00. The first kappa shape index (κ1) is 24.3. The summed E-state index contributed by atoms with van der Waals surface area (Å²) in [5, 5.41) is 3.81. The van der Waals surface area contributed by atoms with Crippen molar-refractivity contribution in [2.75, 3.05) is 12.5 Å². The molecule has 0 spiro atoms. The van der Waals surface area contributed by atoms with E-state index in [2.05, 4.69) is 20.9 Å². The van der Waals surface area contributed by atoms with Gasteiger partial charge >= 0.3 is 17.8 Å². The van der Waals surface area contributed by atoms with Crippen LogP contribution in [0.2, 0.25) is 5.02 Å². The van der Waals surface area contributed by atoms with E-state index in [9.17, 15) is 22.8 Å². The summed E-state index contributed by atoms with van der Waals surface area (Å²) < 4.78 is 49.5. The lowest BCUT2D eigenvalue weighted by Gasteiger charge is -2.20. The fraction of sp³-hybridized carbons (Fsp3) is 0.444. The highest BCUT2D eigenvalue weighted by Crippen LogP contribution is 2.29. The summed E-state index contributed by atoms with van der Waals surface area (Å²) in [6, 6.07) is 2.01. The minimum Gasteiger partial charge on any atom is -0.490 e. The molecule has 0 aromatic carbocycles. The Kier molecular flexibility index (Phi) is 7.04. The lowest BCUT2D eigenvalue weighted by atomic mass is 10.2. The zero-order chi connectivity index (χ0) is 23.6. The van der Waals surface area contributed by atoms with Crippen molar-refractivity contribution in [2.24, 2.45) is 0 Å². The molecule has 2 N–H and O–H groups in total. The highest BCUT2D eigenvalue weighted by Gasteiger charge is 2.32. The molecule has 0 bridgehead atoms. The average molecular weight is 464 g/mol. The summed E-state index contributed by atoms with van der Waals surface area (Å²) in [6.07, 6.45) is -5.42. The molecule has 31 heavy (non-hydrogen) atoms. The maximum absolute atomic E-state index is 12.8. The van der Waals surface area contributed by atoms with Gasteiger partial charge in [0.25, 0.3) is 0 Å². The van der Waals surface area contributed by atoms with Crippen molar-refractivity contribution in [3.05, 3.63) is 44.5 Å². The van der Waals surface area contributed by atoms with Crippen LogP contribution in [0.3, 0.4) is 0 Å². The summed E-state index contributed by atoms with van der Waals surface area (Å²) in [4.78, 5) is 28.0. The summed E-state index contributed by atoms with van der Waals surface area (Å²) in [5.74, 6) is -0.413. The highest BCUT2D eigenvalue weighted by molar-refractivity contribution is 6.34. The van der Waals surface area contributed by atoms with Gasteiger partial charge in [0.05, 0.1) is 13.7 Å². The summed E-state index contributed by atoms with van der Waals surface area (Å²) >= 11 is 6.12. The molecule has 0 unspecified atom stereocenters. The second-order valence-electron chi connectivity index (χ2n) is 7.35. The van der Waals surface area contributed by atoms with Crippen LogP contribution in [0, 0.1) is 6.92 Å². The molecule has 2 rings (SSSR count). The van der Waals surface area contributed by atoms with Crippen LogP contribution in [0.5, 0.6) is 5.75 Å². The van der Waals surface area contributed by atoms with E-state index in [0.717, 1.165) is 10.7 Å². The number of pyridine rings is 1. The SMILES string of the molecule is COc1c(Cl)c(NNC(=O)OC(C)(C)C)nn(Cc2ccc(C(F)(F)F)nc2C)c1=O. The van der Waals surface area contributed by atoms with E-state index in [4.69, 9.17) is 21.1 Å². The minimum absolute atomic E-state index is 0.0684. The van der Waals surface area contributed by atoms with E-state index in [0.29, 0.717) is 5.56 Å². The predicted octanol–water partition coefficient (Wildman–Crippen LogP) is 3.53. The van der Waals surface area contributed by atoms with Gasteiger partial charge in [-0.3, -0.25) is 10.2 Å². The number of amides is 1. The van der Waals surface area contributed by atoms with Crippen molar-refractivity contribution in [3.8, 4) is 5.75 Å². The van der Waals surface area contributed by atoms with Crippen LogP contribution >= 0.6 is 11.6 Å². The number of anilines is 1. The molecule has 2 heterocycles. The van der Waals surface area contributed by atoms with Crippen molar-refractivity contribution in [2.45, 2.75) is 46.0 Å². The Morgan fingerprint density at radius 1 is 1.26 bits per heavy atom. The number of halogens is 4. The molecule has 0 atom stereocenters. The quantitative estimate of drug-likeness (QED) is 0.653. The number of hydrazine groups is 1. The molecular weight excluding hydrogens is 443 g/mol. The number of ether oxygens (including phenoxy) is 2. The van der Waals surface area contributed by atoms with Crippen LogP contribution in [-0.2, 0) is 17.5 Å². The standard InChI is InChI=1S/C18H21ClF3N5O4/c1-9-10(6-7-11(23-9)18(20,21)22)8-27-15(28)13(30-5)12(19)14(26-27)24-25-16(29)31-17(2,3)4/h6-7H,8H2,1-5H3,(H,24,26)(H,25,29). The Balaban J connectivity index is 2.35.